The highest BCUT2D eigenvalue weighted by atomic mass is 16.3. The second-order valence-electron chi connectivity index (χ2n) is 9.75. The molecular weight excluding hydrogens is 466 g/mol. The lowest BCUT2D eigenvalue weighted by atomic mass is 9.62. The molecule has 1 aliphatic heterocycles. The van der Waals surface area contributed by atoms with Crippen LogP contribution in [0.5, 0.6) is 0 Å². The number of fused-ring (bicyclic) bond motifs is 3. The van der Waals surface area contributed by atoms with Gasteiger partial charge in [-0.15, -0.1) is 0 Å². The molecular formula is C35H25NO2. The van der Waals surface area contributed by atoms with Crippen LogP contribution in [0.25, 0.3) is 11.0 Å². The molecule has 0 amide bonds. The van der Waals surface area contributed by atoms with Crippen LogP contribution < -0.4 is 10.3 Å². The van der Waals surface area contributed by atoms with Gasteiger partial charge < -0.3 is 9.32 Å². The first-order valence-electron chi connectivity index (χ1n) is 12.8. The number of anilines is 3. The number of aryl methyl sites for hydroxylation is 1. The van der Waals surface area contributed by atoms with E-state index in [0.29, 0.717) is 16.7 Å². The van der Waals surface area contributed by atoms with Crippen LogP contribution >= 0.6 is 0 Å². The number of benzene rings is 5. The summed E-state index contributed by atoms with van der Waals surface area (Å²) in [5.74, 6) is 0.611. The Morgan fingerprint density at radius 2 is 1.13 bits per heavy atom. The van der Waals surface area contributed by atoms with Gasteiger partial charge in [0.25, 0.3) is 0 Å². The highest BCUT2D eigenvalue weighted by molar-refractivity contribution is 5.92. The molecule has 0 saturated heterocycles. The van der Waals surface area contributed by atoms with Crippen LogP contribution in [0.15, 0.2) is 143 Å². The van der Waals surface area contributed by atoms with Gasteiger partial charge in [-0.1, -0.05) is 97.1 Å². The molecule has 0 atom stereocenters. The van der Waals surface area contributed by atoms with Gasteiger partial charge in [0.2, 0.25) is 0 Å². The number of rotatable bonds is 3. The molecule has 0 spiro atoms. The molecule has 6 aromatic rings. The maximum atomic E-state index is 12.9. The highest BCUT2D eigenvalue weighted by Gasteiger charge is 2.46. The molecule has 0 radical (unpaired) electrons. The Kier molecular flexibility index (Phi) is 5.05. The summed E-state index contributed by atoms with van der Waals surface area (Å²) in [4.78, 5) is 15.2. The predicted molar refractivity (Wildman–Crippen MR) is 154 cm³/mol. The van der Waals surface area contributed by atoms with Crippen LogP contribution in [-0.2, 0) is 5.41 Å². The molecule has 3 nitrogen and oxygen atoms in total. The minimum Gasteiger partial charge on any atom is -0.461 e. The van der Waals surface area contributed by atoms with E-state index in [1.807, 2.05) is 18.2 Å². The Hall–Kier alpha value is -4.89. The van der Waals surface area contributed by atoms with Gasteiger partial charge in [0.15, 0.2) is 5.43 Å². The Labute approximate surface area is 221 Å². The lowest BCUT2D eigenvalue weighted by molar-refractivity contribution is 0.565. The topological polar surface area (TPSA) is 33.5 Å². The van der Waals surface area contributed by atoms with Crippen LogP contribution in [0.4, 0.5) is 17.1 Å². The molecule has 182 valence electrons. The van der Waals surface area contributed by atoms with E-state index in [-0.39, 0.29) is 5.43 Å². The third-order valence-corrected chi connectivity index (χ3v) is 7.60. The van der Waals surface area contributed by atoms with E-state index in [9.17, 15) is 4.79 Å². The molecule has 1 aromatic heterocycles. The Morgan fingerprint density at radius 3 is 1.71 bits per heavy atom. The standard InChI is InChI=1S/C35H25NO2/c1-24-22-33(37)28-23-27(20-21-34(28)38-24)36-31-18-10-8-16-29(31)35(25-12-4-2-5-13-25,26-14-6-3-7-15-26)30-17-9-11-19-32(30)36/h2-23H,1H3. The van der Waals surface area contributed by atoms with E-state index in [0.717, 1.165) is 17.1 Å². The van der Waals surface area contributed by atoms with Gasteiger partial charge in [-0.25, -0.2) is 0 Å². The van der Waals surface area contributed by atoms with Crippen LogP contribution in [-0.4, -0.2) is 0 Å². The number of hydrogen-bond acceptors (Lipinski definition) is 3. The molecule has 0 N–H and O–H groups in total. The lowest BCUT2D eigenvalue weighted by Crippen LogP contribution is -2.37. The second-order valence-corrected chi connectivity index (χ2v) is 9.75. The Morgan fingerprint density at radius 1 is 0.605 bits per heavy atom. The van der Waals surface area contributed by atoms with Crippen LogP contribution in [0.2, 0.25) is 0 Å². The maximum Gasteiger partial charge on any atom is 0.193 e. The van der Waals surface area contributed by atoms with Gasteiger partial charge in [-0.05, 0) is 59.5 Å². The molecule has 38 heavy (non-hydrogen) atoms. The molecule has 0 fully saturated rings. The molecule has 5 aromatic carbocycles. The normalized spacial score (nSPS) is 13.7. The zero-order valence-corrected chi connectivity index (χ0v) is 21.0. The summed E-state index contributed by atoms with van der Waals surface area (Å²) in [6.07, 6.45) is 0. The molecule has 0 saturated carbocycles. The van der Waals surface area contributed by atoms with Gasteiger partial charge in [0, 0.05) is 11.8 Å². The molecule has 0 unspecified atom stereocenters. The average Bonchev–Trinajstić information content (AvgIpc) is 2.97. The minimum atomic E-state index is -0.515. The van der Waals surface area contributed by atoms with Crippen molar-refractivity contribution < 1.29 is 4.42 Å². The second kappa shape index (κ2) is 8.60. The zero-order chi connectivity index (χ0) is 25.7. The SMILES string of the molecule is Cc1cc(=O)c2cc(N3c4ccccc4C(c4ccccc4)(c4ccccc4)c4ccccc43)ccc2o1. The summed E-state index contributed by atoms with van der Waals surface area (Å²) in [6, 6.07) is 46.1. The van der Waals surface area contributed by atoms with Crippen molar-refractivity contribution in [2.45, 2.75) is 12.3 Å². The van der Waals surface area contributed by atoms with Crippen LogP contribution in [0.1, 0.15) is 28.0 Å². The van der Waals surface area contributed by atoms with Gasteiger partial charge in [-0.3, -0.25) is 4.79 Å². The predicted octanol–water partition coefficient (Wildman–Crippen LogP) is 8.27. The number of hydrogen-bond donors (Lipinski definition) is 0. The maximum absolute atomic E-state index is 12.9. The lowest BCUT2D eigenvalue weighted by Gasteiger charge is -2.46. The first-order valence-corrected chi connectivity index (χ1v) is 12.8. The highest BCUT2D eigenvalue weighted by Crippen LogP contribution is 2.57. The van der Waals surface area contributed by atoms with Crippen molar-refractivity contribution in [1.29, 1.82) is 0 Å². The first-order chi connectivity index (χ1) is 18.7. The summed E-state index contributed by atoms with van der Waals surface area (Å²) in [7, 11) is 0. The van der Waals surface area contributed by atoms with E-state index in [4.69, 9.17) is 4.42 Å². The third-order valence-electron chi connectivity index (χ3n) is 7.60. The molecule has 1 aliphatic rings. The van der Waals surface area contributed by atoms with Crippen molar-refractivity contribution in [2.24, 2.45) is 0 Å². The first kappa shape index (κ1) is 22.3. The minimum absolute atomic E-state index is 0.0351. The van der Waals surface area contributed by atoms with E-state index in [2.05, 4.69) is 114 Å². The van der Waals surface area contributed by atoms with Gasteiger partial charge in [0.05, 0.1) is 22.2 Å². The summed E-state index contributed by atoms with van der Waals surface area (Å²) >= 11 is 0. The smallest absolute Gasteiger partial charge is 0.193 e. The Balaban J connectivity index is 1.59. The zero-order valence-electron chi connectivity index (χ0n) is 21.0. The van der Waals surface area contributed by atoms with Crippen LogP contribution in [0.3, 0.4) is 0 Å². The fraction of sp³-hybridized carbons (Fsp3) is 0.0571. The summed E-state index contributed by atoms with van der Waals surface area (Å²) < 4.78 is 5.85. The largest absolute Gasteiger partial charge is 0.461 e. The monoisotopic (exact) mass is 491 g/mol. The van der Waals surface area contributed by atoms with Crippen molar-refractivity contribution in [3.05, 3.63) is 172 Å². The fourth-order valence-corrected chi connectivity index (χ4v) is 6.09. The van der Waals surface area contributed by atoms with Gasteiger partial charge in [0.1, 0.15) is 11.3 Å². The molecule has 2 heterocycles. The Bertz CT molecular complexity index is 1770. The van der Waals surface area contributed by atoms with Crippen molar-refractivity contribution in [2.75, 3.05) is 4.90 Å². The average molecular weight is 492 g/mol. The molecule has 3 heteroatoms. The molecule has 0 bridgehead atoms. The van der Waals surface area contributed by atoms with Gasteiger partial charge >= 0.3 is 0 Å². The van der Waals surface area contributed by atoms with Crippen LogP contribution in [0, 0.1) is 6.92 Å². The van der Waals surface area contributed by atoms with E-state index in [1.54, 1.807) is 13.0 Å². The van der Waals surface area contributed by atoms with Crippen molar-refractivity contribution in [3.63, 3.8) is 0 Å². The molecule has 7 rings (SSSR count). The summed E-state index contributed by atoms with van der Waals surface area (Å²) in [5.41, 5.74) is 7.92. The number of para-hydroxylation sites is 2. The van der Waals surface area contributed by atoms with Gasteiger partial charge in [-0.2, -0.15) is 0 Å². The summed E-state index contributed by atoms with van der Waals surface area (Å²) in [5, 5.41) is 0.575. The van der Waals surface area contributed by atoms with Crippen molar-refractivity contribution >= 4 is 28.0 Å². The summed E-state index contributed by atoms with van der Waals surface area (Å²) in [6.45, 7) is 1.80. The number of nitrogens with zero attached hydrogens (tertiary/aromatic N) is 1. The fourth-order valence-electron chi connectivity index (χ4n) is 6.09. The van der Waals surface area contributed by atoms with E-state index in [1.165, 1.54) is 22.3 Å². The third kappa shape index (κ3) is 3.18. The van der Waals surface area contributed by atoms with Crippen molar-refractivity contribution in [3.8, 4) is 0 Å². The van der Waals surface area contributed by atoms with E-state index >= 15 is 0 Å². The molecule has 0 aliphatic carbocycles. The quantitative estimate of drug-likeness (QED) is 0.249. The van der Waals surface area contributed by atoms with E-state index < -0.39 is 5.41 Å². The van der Waals surface area contributed by atoms with Crippen molar-refractivity contribution in [1.82, 2.24) is 0 Å².